The molecule has 30 heavy (non-hydrogen) atoms. The Bertz CT molecular complexity index is 820. The number of rotatable bonds is 6. The van der Waals surface area contributed by atoms with Crippen molar-refractivity contribution >= 4 is 0 Å². The lowest BCUT2D eigenvalue weighted by Gasteiger charge is -2.30. The minimum atomic E-state index is -6.18. The predicted molar refractivity (Wildman–Crippen MR) is 88.2 cm³/mol. The Hall–Kier alpha value is -2.30. The van der Waals surface area contributed by atoms with Crippen LogP contribution in [0.2, 0.25) is 0 Å². The summed E-state index contributed by atoms with van der Waals surface area (Å²) in [5.41, 5.74) is -7.22. The summed E-state index contributed by atoms with van der Waals surface area (Å²) >= 11 is 0. The molecule has 0 saturated carbocycles. The number of alkyl halides is 10. The van der Waals surface area contributed by atoms with Crippen molar-refractivity contribution in [3.8, 4) is 0 Å². The van der Waals surface area contributed by atoms with Gasteiger partial charge in [-0.1, -0.05) is 42.5 Å². The second kappa shape index (κ2) is 8.44. The third-order valence-corrected chi connectivity index (χ3v) is 4.31. The molecule has 1 N–H and O–H groups in total. The number of hydrogen-bond donors (Lipinski definition) is 1. The molecule has 11 heteroatoms. The fourth-order valence-corrected chi connectivity index (χ4v) is 2.71. The van der Waals surface area contributed by atoms with E-state index in [4.69, 9.17) is 0 Å². The zero-order valence-corrected chi connectivity index (χ0v) is 15.0. The van der Waals surface area contributed by atoms with Crippen molar-refractivity contribution < 1.29 is 43.9 Å². The number of hydrogen-bond acceptors (Lipinski definition) is 1. The van der Waals surface area contributed by atoms with Crippen LogP contribution >= 0.6 is 0 Å². The van der Waals surface area contributed by atoms with E-state index >= 15 is 0 Å². The molecule has 2 rings (SSSR count). The molecule has 0 amide bonds. The molecule has 0 aliphatic rings. The van der Waals surface area contributed by atoms with Gasteiger partial charge in [-0.25, -0.2) is 4.39 Å². The highest BCUT2D eigenvalue weighted by atomic mass is 19.4. The van der Waals surface area contributed by atoms with Gasteiger partial charge in [-0.05, 0) is 30.2 Å². The van der Waals surface area contributed by atoms with Crippen molar-refractivity contribution in [1.82, 2.24) is 5.32 Å². The Labute approximate surface area is 164 Å². The molecule has 0 aliphatic heterocycles. The van der Waals surface area contributed by atoms with E-state index in [9.17, 15) is 43.9 Å². The zero-order chi connectivity index (χ0) is 22.8. The van der Waals surface area contributed by atoms with E-state index in [0.717, 1.165) is 24.3 Å². The monoisotopic (exact) mass is 447 g/mol. The third-order valence-electron chi connectivity index (χ3n) is 4.31. The van der Waals surface area contributed by atoms with Crippen molar-refractivity contribution in [2.24, 2.45) is 0 Å². The smallest absolute Gasteiger partial charge is 0.312 e. The Morgan fingerprint density at radius 1 is 0.633 bits per heavy atom. The first-order valence-corrected chi connectivity index (χ1v) is 8.45. The van der Waals surface area contributed by atoms with Gasteiger partial charge in [0, 0.05) is 12.1 Å². The number of benzene rings is 2. The lowest BCUT2D eigenvalue weighted by molar-refractivity contribution is -0.348. The van der Waals surface area contributed by atoms with Gasteiger partial charge in [0.2, 0.25) is 0 Å². The van der Waals surface area contributed by atoms with Gasteiger partial charge < -0.3 is 5.32 Å². The maximum Gasteiger partial charge on any atom is 0.435 e. The van der Waals surface area contributed by atoms with Crippen LogP contribution in [0.5, 0.6) is 0 Å². The molecule has 0 bridgehead atoms. The average Bonchev–Trinajstić information content (AvgIpc) is 2.63. The summed E-state index contributed by atoms with van der Waals surface area (Å²) in [5, 5.41) is 2.81. The highest BCUT2D eigenvalue weighted by molar-refractivity contribution is 5.30. The molecule has 0 saturated heterocycles. The van der Waals surface area contributed by atoms with Crippen LogP contribution in [0, 0.1) is 0 Å². The Morgan fingerprint density at radius 2 is 1.20 bits per heavy atom. The highest BCUT2D eigenvalue weighted by Gasteiger charge is 2.73. The normalized spacial score (nSPS) is 13.5. The van der Waals surface area contributed by atoms with E-state index in [1.54, 1.807) is 0 Å². The summed E-state index contributed by atoms with van der Waals surface area (Å²) in [6.45, 7) is 0.206. The van der Waals surface area contributed by atoms with Gasteiger partial charge in [-0.2, -0.15) is 39.5 Å². The molecule has 0 unspecified atom stereocenters. The second-order valence-electron chi connectivity index (χ2n) is 6.48. The molecule has 0 aromatic heterocycles. The first-order valence-electron chi connectivity index (χ1n) is 8.45. The van der Waals surface area contributed by atoms with Crippen molar-refractivity contribution in [3.05, 3.63) is 70.8 Å². The van der Waals surface area contributed by atoms with E-state index in [0.29, 0.717) is 17.7 Å². The molecule has 0 fully saturated rings. The Balaban J connectivity index is 1.99. The van der Waals surface area contributed by atoms with E-state index in [1.807, 2.05) is 0 Å². The lowest BCUT2D eigenvalue weighted by atomic mass is 9.93. The molecule has 2 aromatic carbocycles. The molecule has 0 radical (unpaired) electrons. The van der Waals surface area contributed by atoms with E-state index < -0.39 is 35.3 Å². The van der Waals surface area contributed by atoms with Crippen LogP contribution in [0.3, 0.4) is 0 Å². The van der Waals surface area contributed by atoms with Gasteiger partial charge in [0.25, 0.3) is 0 Å². The maximum atomic E-state index is 13.9. The summed E-state index contributed by atoms with van der Waals surface area (Å²) in [6, 6.07) is 7.28. The average molecular weight is 447 g/mol. The minimum absolute atomic E-state index is 0.0105. The van der Waals surface area contributed by atoms with Gasteiger partial charge in [0.15, 0.2) is 0 Å². The van der Waals surface area contributed by atoms with Crippen LogP contribution in [0.4, 0.5) is 43.9 Å². The predicted octanol–water partition coefficient (Wildman–Crippen LogP) is 6.33. The molecule has 166 valence electrons. The molecule has 0 heterocycles. The third kappa shape index (κ3) is 5.24. The molecular weight excluding hydrogens is 432 g/mol. The maximum absolute atomic E-state index is 13.9. The molecule has 0 spiro atoms. The molecule has 0 atom stereocenters. The SMILES string of the molecule is FC(F)(F)c1cccc(CCNCc2ccc(C(F)(C(F)(F)F)C(F)(F)F)cc2)c1. The first-order chi connectivity index (χ1) is 13.7. The molecule has 0 aliphatic carbocycles. The summed E-state index contributed by atoms with van der Waals surface area (Å²) in [6.07, 6.45) is -16.6. The van der Waals surface area contributed by atoms with Gasteiger partial charge in [-0.15, -0.1) is 0 Å². The van der Waals surface area contributed by atoms with Crippen LogP contribution in [0.1, 0.15) is 22.3 Å². The van der Waals surface area contributed by atoms with Crippen molar-refractivity contribution in [3.63, 3.8) is 0 Å². The summed E-state index contributed by atoms with van der Waals surface area (Å²) in [5.74, 6) is 0. The van der Waals surface area contributed by atoms with Crippen molar-refractivity contribution in [2.75, 3.05) is 6.54 Å². The van der Waals surface area contributed by atoms with Gasteiger partial charge in [0.1, 0.15) is 0 Å². The van der Waals surface area contributed by atoms with Crippen molar-refractivity contribution in [2.45, 2.75) is 37.2 Å². The molecule has 1 nitrogen and oxygen atoms in total. The topological polar surface area (TPSA) is 12.0 Å². The lowest BCUT2D eigenvalue weighted by Crippen LogP contribution is -2.50. The second-order valence-corrected chi connectivity index (χ2v) is 6.48. The van der Waals surface area contributed by atoms with E-state index in [1.165, 1.54) is 12.1 Å². The quantitative estimate of drug-likeness (QED) is 0.403. The van der Waals surface area contributed by atoms with Crippen molar-refractivity contribution in [1.29, 1.82) is 0 Å². The number of halogens is 10. The van der Waals surface area contributed by atoms with Gasteiger partial charge in [-0.3, -0.25) is 0 Å². The molecular formula is C19H15F10N. The van der Waals surface area contributed by atoms with E-state index in [2.05, 4.69) is 5.32 Å². The fourth-order valence-electron chi connectivity index (χ4n) is 2.71. The first kappa shape index (κ1) is 24.0. The van der Waals surface area contributed by atoms with Crippen LogP contribution < -0.4 is 5.32 Å². The molecule has 2 aromatic rings. The fraction of sp³-hybridized carbons (Fsp3) is 0.368. The highest BCUT2D eigenvalue weighted by Crippen LogP contribution is 2.53. The van der Waals surface area contributed by atoms with E-state index in [-0.39, 0.29) is 25.1 Å². The van der Waals surface area contributed by atoms with Gasteiger partial charge >= 0.3 is 24.2 Å². The number of nitrogens with one attached hydrogen (secondary N) is 1. The van der Waals surface area contributed by atoms with Gasteiger partial charge in [0.05, 0.1) is 5.56 Å². The minimum Gasteiger partial charge on any atom is -0.312 e. The standard InChI is InChI=1S/C19H15F10N/c20-16(18(24,25)26,19(27,28)29)14-6-4-13(5-7-14)11-30-9-8-12-2-1-3-15(10-12)17(21,22)23/h1-7,10,30H,8-9,11H2. The zero-order valence-electron chi connectivity index (χ0n) is 15.0. The van der Waals surface area contributed by atoms with Crippen LogP contribution in [0.15, 0.2) is 48.5 Å². The summed E-state index contributed by atoms with van der Waals surface area (Å²) in [4.78, 5) is 0. The Kier molecular flexibility index (Phi) is 6.75. The van der Waals surface area contributed by atoms with Crippen LogP contribution in [-0.4, -0.2) is 18.9 Å². The largest absolute Gasteiger partial charge is 0.435 e. The Morgan fingerprint density at radius 3 is 1.70 bits per heavy atom. The van der Waals surface area contributed by atoms with Crippen LogP contribution in [-0.2, 0) is 24.8 Å². The summed E-state index contributed by atoms with van der Waals surface area (Å²) in [7, 11) is 0. The van der Waals surface area contributed by atoms with Crippen LogP contribution in [0.25, 0.3) is 0 Å². The summed E-state index contributed by atoms with van der Waals surface area (Å²) < 4.78 is 128.